The lowest BCUT2D eigenvalue weighted by molar-refractivity contribution is 0.114. The molecule has 2 aromatic rings. The molecular weight excluding hydrogens is 412 g/mol. The predicted octanol–water partition coefficient (Wildman–Crippen LogP) is 4.30. The van der Waals surface area contributed by atoms with Crippen LogP contribution in [0.5, 0.6) is 5.88 Å². The molecule has 8 heteroatoms. The number of ether oxygens (including phenoxy) is 1. The van der Waals surface area contributed by atoms with Crippen molar-refractivity contribution in [1.82, 2.24) is 14.9 Å². The summed E-state index contributed by atoms with van der Waals surface area (Å²) < 4.78 is 5.93. The van der Waals surface area contributed by atoms with Crippen LogP contribution in [-0.2, 0) is 13.0 Å². The number of nitriles is 2. The molecule has 1 atom stereocenters. The van der Waals surface area contributed by atoms with Crippen LogP contribution in [0.4, 0.5) is 5.82 Å². The molecule has 2 aromatic heterocycles. The SMILES string of the molecule is Cc1nc(OC2CCC2)ccc1C(C)N1CCc2c(NCC#N)nc(Cl)c(C#N)c2C1. The summed E-state index contributed by atoms with van der Waals surface area (Å²) in [4.78, 5) is 11.3. The Labute approximate surface area is 187 Å². The average Bonchev–Trinajstić information content (AvgIpc) is 2.74. The molecule has 1 fully saturated rings. The lowest BCUT2D eigenvalue weighted by atomic mass is 9.94. The number of hydrogen-bond acceptors (Lipinski definition) is 7. The summed E-state index contributed by atoms with van der Waals surface area (Å²) >= 11 is 6.29. The molecule has 0 aromatic carbocycles. The maximum Gasteiger partial charge on any atom is 0.213 e. The van der Waals surface area contributed by atoms with E-state index in [1.807, 2.05) is 13.0 Å². The maximum absolute atomic E-state index is 9.67. The smallest absolute Gasteiger partial charge is 0.213 e. The number of nitrogens with one attached hydrogen (secondary N) is 1. The van der Waals surface area contributed by atoms with Gasteiger partial charge in [-0.15, -0.1) is 0 Å². The van der Waals surface area contributed by atoms with E-state index in [1.54, 1.807) is 0 Å². The van der Waals surface area contributed by atoms with Gasteiger partial charge < -0.3 is 10.1 Å². The number of fused-ring (bicyclic) bond motifs is 1. The summed E-state index contributed by atoms with van der Waals surface area (Å²) in [7, 11) is 0. The van der Waals surface area contributed by atoms with E-state index in [4.69, 9.17) is 21.6 Å². The molecule has 7 nitrogen and oxygen atoms in total. The molecule has 0 saturated heterocycles. The highest BCUT2D eigenvalue weighted by Crippen LogP contribution is 2.35. The van der Waals surface area contributed by atoms with Gasteiger partial charge >= 0.3 is 0 Å². The molecular formula is C23H25ClN6O. The van der Waals surface area contributed by atoms with E-state index in [1.165, 1.54) is 6.42 Å². The number of anilines is 1. The number of nitrogens with zero attached hydrogens (tertiary/aromatic N) is 5. The quantitative estimate of drug-likeness (QED) is 0.532. The normalized spacial score (nSPS) is 17.1. The first-order chi connectivity index (χ1) is 15.0. The number of rotatable bonds is 6. The van der Waals surface area contributed by atoms with Gasteiger partial charge in [0.2, 0.25) is 5.88 Å². The Morgan fingerprint density at radius 2 is 2.10 bits per heavy atom. The van der Waals surface area contributed by atoms with Crippen molar-refractivity contribution in [2.24, 2.45) is 0 Å². The molecule has 0 bridgehead atoms. The van der Waals surface area contributed by atoms with E-state index in [9.17, 15) is 5.26 Å². The van der Waals surface area contributed by atoms with Gasteiger partial charge in [0.05, 0.1) is 11.6 Å². The Kier molecular flexibility index (Phi) is 6.27. The maximum atomic E-state index is 9.67. The Bertz CT molecular complexity index is 1070. The molecule has 0 spiro atoms. The second-order valence-electron chi connectivity index (χ2n) is 8.10. The average molecular weight is 437 g/mol. The third-order valence-corrected chi connectivity index (χ3v) is 6.54. The van der Waals surface area contributed by atoms with Crippen molar-refractivity contribution >= 4 is 17.4 Å². The molecule has 1 saturated carbocycles. The summed E-state index contributed by atoms with van der Waals surface area (Å²) in [5.74, 6) is 1.29. The van der Waals surface area contributed by atoms with Crippen molar-refractivity contribution in [2.75, 3.05) is 18.4 Å². The van der Waals surface area contributed by atoms with Crippen LogP contribution in [0.1, 0.15) is 60.2 Å². The molecule has 1 unspecified atom stereocenters. The van der Waals surface area contributed by atoms with Crippen molar-refractivity contribution in [1.29, 1.82) is 10.5 Å². The van der Waals surface area contributed by atoms with Gasteiger partial charge in [-0.25, -0.2) is 9.97 Å². The van der Waals surface area contributed by atoms with E-state index < -0.39 is 0 Å². The number of aryl methyl sites for hydroxylation is 1. The van der Waals surface area contributed by atoms with Crippen molar-refractivity contribution in [2.45, 2.75) is 58.2 Å². The third-order valence-electron chi connectivity index (χ3n) is 6.26. The molecule has 31 heavy (non-hydrogen) atoms. The molecule has 3 heterocycles. The third kappa shape index (κ3) is 4.30. The number of halogens is 1. The standard InChI is InChI=1S/C23H25ClN6O/c1-14-17(6-7-21(28-14)31-16-4-3-5-16)15(2)30-11-8-18-20(13-30)19(12-26)22(24)29-23(18)27-10-9-25/h6-7,15-16H,3-5,8,10-11,13H2,1-2H3,(H,27,29). The van der Waals surface area contributed by atoms with Gasteiger partial charge in [0, 0.05) is 36.5 Å². The Morgan fingerprint density at radius 1 is 1.29 bits per heavy atom. The van der Waals surface area contributed by atoms with Gasteiger partial charge in [-0.2, -0.15) is 10.5 Å². The highest BCUT2D eigenvalue weighted by atomic mass is 35.5. The molecule has 1 aliphatic carbocycles. The summed E-state index contributed by atoms with van der Waals surface area (Å²) in [6.07, 6.45) is 4.47. The Hall–Kier alpha value is -2.87. The van der Waals surface area contributed by atoms with Crippen molar-refractivity contribution in [3.63, 3.8) is 0 Å². The first-order valence-corrected chi connectivity index (χ1v) is 11.0. The monoisotopic (exact) mass is 436 g/mol. The van der Waals surface area contributed by atoms with E-state index in [-0.39, 0.29) is 17.7 Å². The number of pyridine rings is 2. The minimum Gasteiger partial charge on any atom is -0.474 e. The van der Waals surface area contributed by atoms with E-state index >= 15 is 0 Å². The first-order valence-electron chi connectivity index (χ1n) is 10.6. The number of hydrogen-bond donors (Lipinski definition) is 1. The fourth-order valence-electron chi connectivity index (χ4n) is 4.25. The zero-order valence-electron chi connectivity index (χ0n) is 17.8. The van der Waals surface area contributed by atoms with Crippen LogP contribution in [-0.4, -0.2) is 34.1 Å². The lowest BCUT2D eigenvalue weighted by Gasteiger charge is -2.35. The van der Waals surface area contributed by atoms with E-state index in [0.29, 0.717) is 29.9 Å². The van der Waals surface area contributed by atoms with Gasteiger partial charge in [0.25, 0.3) is 0 Å². The van der Waals surface area contributed by atoms with Crippen LogP contribution in [0.25, 0.3) is 0 Å². The van der Waals surface area contributed by atoms with Crippen LogP contribution in [0.2, 0.25) is 5.15 Å². The molecule has 2 aliphatic rings. The summed E-state index contributed by atoms with van der Waals surface area (Å²) in [5, 5.41) is 21.8. The fraction of sp³-hybridized carbons (Fsp3) is 0.478. The highest BCUT2D eigenvalue weighted by molar-refractivity contribution is 6.30. The van der Waals surface area contributed by atoms with Crippen LogP contribution < -0.4 is 10.1 Å². The molecule has 160 valence electrons. The van der Waals surface area contributed by atoms with Gasteiger partial charge in [-0.3, -0.25) is 4.90 Å². The fourth-order valence-corrected chi connectivity index (χ4v) is 4.49. The summed E-state index contributed by atoms with van der Waals surface area (Å²) in [6, 6.07) is 8.45. The van der Waals surface area contributed by atoms with Crippen LogP contribution >= 0.6 is 11.6 Å². The van der Waals surface area contributed by atoms with Crippen LogP contribution in [0.3, 0.4) is 0 Å². The Balaban J connectivity index is 1.57. The highest BCUT2D eigenvalue weighted by Gasteiger charge is 2.29. The minimum absolute atomic E-state index is 0.118. The summed E-state index contributed by atoms with van der Waals surface area (Å²) in [6.45, 7) is 5.71. The van der Waals surface area contributed by atoms with Crippen LogP contribution in [0.15, 0.2) is 12.1 Å². The Morgan fingerprint density at radius 3 is 2.74 bits per heavy atom. The largest absolute Gasteiger partial charge is 0.474 e. The topological polar surface area (TPSA) is 97.9 Å². The zero-order chi connectivity index (χ0) is 22.0. The summed E-state index contributed by atoms with van der Waals surface area (Å²) in [5.41, 5.74) is 4.37. The van der Waals surface area contributed by atoms with Crippen molar-refractivity contribution in [3.8, 4) is 18.0 Å². The van der Waals surface area contributed by atoms with Crippen molar-refractivity contribution < 1.29 is 4.74 Å². The number of aromatic nitrogens is 2. The predicted molar refractivity (Wildman–Crippen MR) is 118 cm³/mol. The van der Waals surface area contributed by atoms with Gasteiger partial charge in [-0.05, 0) is 50.7 Å². The van der Waals surface area contributed by atoms with Crippen molar-refractivity contribution in [3.05, 3.63) is 45.2 Å². The van der Waals surface area contributed by atoms with Gasteiger partial charge in [0.1, 0.15) is 29.7 Å². The molecule has 4 rings (SSSR count). The molecule has 1 aliphatic heterocycles. The molecule has 1 N–H and O–H groups in total. The molecule has 0 radical (unpaired) electrons. The van der Waals surface area contributed by atoms with E-state index in [2.05, 4.69) is 45.3 Å². The zero-order valence-corrected chi connectivity index (χ0v) is 18.5. The first kappa shape index (κ1) is 21.4. The van der Waals surface area contributed by atoms with E-state index in [0.717, 1.165) is 48.2 Å². The minimum atomic E-state index is 0.118. The van der Waals surface area contributed by atoms with Gasteiger partial charge in [0.15, 0.2) is 0 Å². The second-order valence-corrected chi connectivity index (χ2v) is 8.46. The van der Waals surface area contributed by atoms with Crippen LogP contribution in [0, 0.1) is 29.6 Å². The lowest BCUT2D eigenvalue weighted by Crippen LogP contribution is -2.34. The molecule has 0 amide bonds. The second kappa shape index (κ2) is 9.09. The van der Waals surface area contributed by atoms with Gasteiger partial charge in [-0.1, -0.05) is 17.7 Å².